The maximum Gasteiger partial charge on any atom is 0.138 e. The van der Waals surface area contributed by atoms with Crippen LogP contribution in [-0.2, 0) is 0 Å². The molecule has 3 N–H and O–H groups in total. The summed E-state index contributed by atoms with van der Waals surface area (Å²) in [6.45, 7) is 0.661. The van der Waals surface area contributed by atoms with E-state index >= 15 is 0 Å². The standard InChI is InChI=1S/C13H18ClNO3/c14-12-3-1-2-4-13(12)18-8-11(17)7-15-9-5-10(16)6-9/h1-4,9-11,15-17H,5-8H2. The number of halogens is 1. The van der Waals surface area contributed by atoms with E-state index in [0.29, 0.717) is 23.4 Å². The molecule has 4 nitrogen and oxygen atoms in total. The van der Waals surface area contributed by atoms with Gasteiger partial charge < -0.3 is 20.3 Å². The molecule has 0 bridgehead atoms. The molecule has 1 atom stereocenters. The second kappa shape index (κ2) is 6.38. The van der Waals surface area contributed by atoms with Crippen molar-refractivity contribution in [3.8, 4) is 5.75 Å². The third kappa shape index (κ3) is 3.85. The Bertz CT molecular complexity index is 382. The van der Waals surface area contributed by atoms with E-state index in [2.05, 4.69) is 5.32 Å². The first-order valence-electron chi connectivity index (χ1n) is 6.12. The van der Waals surface area contributed by atoms with Gasteiger partial charge in [-0.05, 0) is 25.0 Å². The molecule has 0 radical (unpaired) electrons. The van der Waals surface area contributed by atoms with E-state index in [-0.39, 0.29) is 12.7 Å². The summed E-state index contributed by atoms with van der Waals surface area (Å²) in [6.07, 6.45) is 0.758. The molecule has 1 aromatic rings. The molecule has 5 heteroatoms. The molecular formula is C13H18ClNO3. The molecule has 2 rings (SSSR count). The zero-order valence-electron chi connectivity index (χ0n) is 10.1. The van der Waals surface area contributed by atoms with Gasteiger partial charge >= 0.3 is 0 Å². The van der Waals surface area contributed by atoms with Crippen LogP contribution in [-0.4, -0.2) is 41.6 Å². The second-order valence-corrected chi connectivity index (χ2v) is 5.03. The quantitative estimate of drug-likeness (QED) is 0.727. The summed E-state index contributed by atoms with van der Waals surface area (Å²) < 4.78 is 5.43. The second-order valence-electron chi connectivity index (χ2n) is 4.63. The topological polar surface area (TPSA) is 61.7 Å². The van der Waals surface area contributed by atoms with E-state index in [1.807, 2.05) is 12.1 Å². The third-order valence-electron chi connectivity index (χ3n) is 3.02. The number of para-hydroxylation sites is 1. The molecule has 0 aliphatic heterocycles. The molecule has 0 amide bonds. The number of benzene rings is 1. The fourth-order valence-electron chi connectivity index (χ4n) is 1.86. The van der Waals surface area contributed by atoms with Crippen LogP contribution >= 0.6 is 11.6 Å². The largest absolute Gasteiger partial charge is 0.489 e. The fourth-order valence-corrected chi connectivity index (χ4v) is 2.05. The number of rotatable bonds is 6. The molecule has 1 aliphatic carbocycles. The Morgan fingerprint density at radius 1 is 1.39 bits per heavy atom. The van der Waals surface area contributed by atoms with E-state index in [4.69, 9.17) is 21.4 Å². The van der Waals surface area contributed by atoms with Crippen molar-refractivity contribution in [2.75, 3.05) is 13.2 Å². The Morgan fingerprint density at radius 3 is 2.78 bits per heavy atom. The maximum atomic E-state index is 9.74. The van der Waals surface area contributed by atoms with Crippen LogP contribution in [0.5, 0.6) is 5.75 Å². The Balaban J connectivity index is 1.65. The van der Waals surface area contributed by atoms with Crippen molar-refractivity contribution in [1.29, 1.82) is 0 Å². The molecule has 0 heterocycles. The monoisotopic (exact) mass is 271 g/mol. The summed E-state index contributed by atoms with van der Waals surface area (Å²) >= 11 is 5.93. The van der Waals surface area contributed by atoms with E-state index in [1.54, 1.807) is 12.1 Å². The van der Waals surface area contributed by atoms with Gasteiger partial charge in [0.05, 0.1) is 11.1 Å². The number of ether oxygens (including phenoxy) is 1. The highest BCUT2D eigenvalue weighted by molar-refractivity contribution is 6.32. The van der Waals surface area contributed by atoms with Gasteiger partial charge in [0, 0.05) is 12.6 Å². The maximum absolute atomic E-state index is 9.74. The van der Waals surface area contributed by atoms with Crippen molar-refractivity contribution in [2.45, 2.75) is 31.1 Å². The van der Waals surface area contributed by atoms with E-state index in [0.717, 1.165) is 12.8 Å². The molecule has 1 fully saturated rings. The number of aliphatic hydroxyl groups is 2. The number of nitrogens with one attached hydrogen (secondary N) is 1. The Hall–Kier alpha value is -0.810. The van der Waals surface area contributed by atoms with Gasteiger partial charge in [0.15, 0.2) is 0 Å². The molecular weight excluding hydrogens is 254 g/mol. The average molecular weight is 272 g/mol. The molecule has 1 aromatic carbocycles. The lowest BCUT2D eigenvalue weighted by molar-refractivity contribution is 0.0488. The Kier molecular flexibility index (Phi) is 4.83. The first-order chi connectivity index (χ1) is 8.65. The zero-order valence-corrected chi connectivity index (χ0v) is 10.8. The first kappa shape index (κ1) is 13.6. The van der Waals surface area contributed by atoms with Gasteiger partial charge in [-0.15, -0.1) is 0 Å². The lowest BCUT2D eigenvalue weighted by Crippen LogP contribution is -2.47. The number of hydrogen-bond acceptors (Lipinski definition) is 4. The van der Waals surface area contributed by atoms with Crippen molar-refractivity contribution in [2.24, 2.45) is 0 Å². The van der Waals surface area contributed by atoms with Crippen molar-refractivity contribution >= 4 is 11.6 Å². The Labute approximate surface area is 112 Å². The van der Waals surface area contributed by atoms with Gasteiger partial charge in [-0.25, -0.2) is 0 Å². The molecule has 1 aliphatic rings. The molecule has 0 aromatic heterocycles. The van der Waals surface area contributed by atoms with Gasteiger partial charge in [-0.2, -0.15) is 0 Å². The molecule has 18 heavy (non-hydrogen) atoms. The molecule has 0 saturated heterocycles. The van der Waals surface area contributed by atoms with Gasteiger partial charge in [-0.1, -0.05) is 23.7 Å². The lowest BCUT2D eigenvalue weighted by Gasteiger charge is -2.32. The van der Waals surface area contributed by atoms with Gasteiger partial charge in [-0.3, -0.25) is 0 Å². The summed E-state index contributed by atoms with van der Waals surface area (Å²) in [7, 11) is 0. The van der Waals surface area contributed by atoms with Gasteiger partial charge in [0.2, 0.25) is 0 Å². The van der Waals surface area contributed by atoms with Gasteiger partial charge in [0.25, 0.3) is 0 Å². The van der Waals surface area contributed by atoms with Crippen LogP contribution in [0.2, 0.25) is 5.02 Å². The lowest BCUT2D eigenvalue weighted by atomic mass is 9.89. The van der Waals surface area contributed by atoms with Crippen molar-refractivity contribution < 1.29 is 14.9 Å². The minimum Gasteiger partial charge on any atom is -0.489 e. The zero-order chi connectivity index (χ0) is 13.0. The van der Waals surface area contributed by atoms with E-state index < -0.39 is 6.10 Å². The average Bonchev–Trinajstić information content (AvgIpc) is 2.32. The van der Waals surface area contributed by atoms with Crippen LogP contribution in [0, 0.1) is 0 Å². The highest BCUT2D eigenvalue weighted by Crippen LogP contribution is 2.23. The van der Waals surface area contributed by atoms with Crippen LogP contribution in [0.25, 0.3) is 0 Å². The third-order valence-corrected chi connectivity index (χ3v) is 3.34. The smallest absolute Gasteiger partial charge is 0.138 e. The molecule has 1 saturated carbocycles. The van der Waals surface area contributed by atoms with Crippen LogP contribution < -0.4 is 10.1 Å². The normalized spacial score (nSPS) is 24.4. The summed E-state index contributed by atoms with van der Waals surface area (Å²) in [6, 6.07) is 7.49. The molecule has 1 unspecified atom stereocenters. The minimum atomic E-state index is -0.584. The van der Waals surface area contributed by atoms with E-state index in [1.165, 1.54) is 0 Å². The first-order valence-corrected chi connectivity index (χ1v) is 6.50. The fraction of sp³-hybridized carbons (Fsp3) is 0.538. The summed E-state index contributed by atoms with van der Waals surface area (Å²) in [5.41, 5.74) is 0. The van der Waals surface area contributed by atoms with Crippen molar-refractivity contribution in [3.05, 3.63) is 29.3 Å². The summed E-state index contributed by atoms with van der Waals surface area (Å²) in [5.74, 6) is 0.581. The van der Waals surface area contributed by atoms with Crippen LogP contribution in [0.4, 0.5) is 0 Å². The van der Waals surface area contributed by atoms with Crippen molar-refractivity contribution in [3.63, 3.8) is 0 Å². The minimum absolute atomic E-state index is 0.181. The summed E-state index contributed by atoms with van der Waals surface area (Å²) in [4.78, 5) is 0. The predicted molar refractivity (Wildman–Crippen MR) is 70.0 cm³/mol. The van der Waals surface area contributed by atoms with Crippen LogP contribution in [0.15, 0.2) is 24.3 Å². The molecule has 0 spiro atoms. The number of hydrogen-bond donors (Lipinski definition) is 3. The van der Waals surface area contributed by atoms with Gasteiger partial charge in [0.1, 0.15) is 18.5 Å². The van der Waals surface area contributed by atoms with Crippen molar-refractivity contribution in [1.82, 2.24) is 5.32 Å². The Morgan fingerprint density at radius 2 is 2.11 bits per heavy atom. The SMILES string of the molecule is OC(CNC1CC(O)C1)COc1ccccc1Cl. The van der Waals surface area contributed by atoms with E-state index in [9.17, 15) is 5.11 Å². The van der Waals surface area contributed by atoms with Crippen LogP contribution in [0.1, 0.15) is 12.8 Å². The van der Waals surface area contributed by atoms with Crippen LogP contribution in [0.3, 0.4) is 0 Å². The summed E-state index contributed by atoms with van der Waals surface area (Å²) in [5, 5.41) is 22.6. The highest BCUT2D eigenvalue weighted by atomic mass is 35.5. The highest BCUT2D eigenvalue weighted by Gasteiger charge is 2.26. The number of aliphatic hydroxyl groups excluding tert-OH is 2. The predicted octanol–water partition coefficient (Wildman–Crippen LogP) is 1.19. The molecule has 100 valence electrons.